The highest BCUT2D eigenvalue weighted by atomic mass is 32.1. The normalized spacial score (nSPS) is 11.0. The van der Waals surface area contributed by atoms with Gasteiger partial charge in [-0.2, -0.15) is 13.2 Å². The molecule has 0 amide bonds. The number of alkyl halides is 3. The number of ether oxygens (including phenoxy) is 1. The van der Waals surface area contributed by atoms with Gasteiger partial charge in [0.2, 0.25) is 0 Å². The molecule has 7 nitrogen and oxygen atoms in total. The lowest BCUT2D eigenvalue weighted by Crippen LogP contribution is -2.21. The fourth-order valence-electron chi connectivity index (χ4n) is 2.10. The third-order valence-corrected chi connectivity index (χ3v) is 4.70. The number of nitrogens with one attached hydrogen (secondary N) is 1. The van der Waals surface area contributed by atoms with E-state index in [0.717, 1.165) is 37.7 Å². The molecule has 28 heavy (non-hydrogen) atoms. The molecule has 3 aromatic rings. The number of thiophene rings is 1. The smallest absolute Gasteiger partial charge is 0.489 e. The molecule has 2 heterocycles. The Morgan fingerprint density at radius 1 is 1.36 bits per heavy atom. The molecule has 0 bridgehead atoms. The number of carboxylic acids is 1. The third-order valence-electron chi connectivity index (χ3n) is 3.56. The molecule has 0 saturated heterocycles. The lowest BCUT2D eigenvalue weighted by Gasteiger charge is -2.05. The Bertz CT molecular complexity index is 991. The summed E-state index contributed by atoms with van der Waals surface area (Å²) < 4.78 is 43.7. The average Bonchev–Trinajstić information content (AvgIpc) is 3.16. The van der Waals surface area contributed by atoms with Crippen molar-refractivity contribution >= 4 is 33.2 Å². The first-order chi connectivity index (χ1) is 13.0. The molecule has 0 saturated carbocycles. The Morgan fingerprint density at radius 2 is 2.00 bits per heavy atom. The predicted molar refractivity (Wildman–Crippen MR) is 96.8 cm³/mol. The van der Waals surface area contributed by atoms with Gasteiger partial charge in [0.15, 0.2) is 0 Å². The number of fused-ring (bicyclic) bond motifs is 1. The maximum Gasteiger partial charge on any atom is 0.490 e. The highest BCUT2D eigenvalue weighted by Gasteiger charge is 2.38. The highest BCUT2D eigenvalue weighted by molar-refractivity contribution is 7.20. The van der Waals surface area contributed by atoms with Crippen LogP contribution in [-0.2, 0) is 11.4 Å². The second-order valence-corrected chi connectivity index (χ2v) is 6.70. The van der Waals surface area contributed by atoms with Gasteiger partial charge in [-0.3, -0.25) is 5.41 Å². The van der Waals surface area contributed by atoms with Crippen LogP contribution in [0.25, 0.3) is 10.1 Å². The molecule has 0 aliphatic heterocycles. The van der Waals surface area contributed by atoms with Crippen molar-refractivity contribution in [2.24, 2.45) is 5.73 Å². The first-order valence-corrected chi connectivity index (χ1v) is 8.53. The van der Waals surface area contributed by atoms with E-state index in [2.05, 4.69) is 5.16 Å². The van der Waals surface area contributed by atoms with Crippen molar-refractivity contribution in [2.45, 2.75) is 26.6 Å². The number of carbonyl (C=O) groups is 1. The third kappa shape index (κ3) is 5.22. The first-order valence-electron chi connectivity index (χ1n) is 7.71. The molecule has 11 heteroatoms. The number of amidine groups is 1. The summed E-state index contributed by atoms with van der Waals surface area (Å²) in [5, 5.41) is 19.6. The van der Waals surface area contributed by atoms with Crippen LogP contribution in [0, 0.1) is 19.3 Å². The van der Waals surface area contributed by atoms with Crippen LogP contribution in [0.3, 0.4) is 0 Å². The second kappa shape index (κ2) is 8.30. The molecule has 3 rings (SSSR count). The van der Waals surface area contributed by atoms with Gasteiger partial charge in [-0.05, 0) is 43.5 Å². The largest absolute Gasteiger partial charge is 0.490 e. The number of nitrogens with zero attached hydrogens (tertiary/aromatic N) is 1. The van der Waals surface area contributed by atoms with E-state index in [-0.39, 0.29) is 5.84 Å². The standard InChI is InChI=1S/C15H15N3O2S.C2HF3O2/c1-8-12(9(2)20-18-8)7-19-11-4-3-10-5-14(15(16)17)21-13(10)6-11;3-2(4,5)1(6)7/h3-6H,7H2,1-2H3,(H3,16,17);(H,6,7). The minimum Gasteiger partial charge on any atom is -0.489 e. The number of rotatable bonds is 4. The van der Waals surface area contributed by atoms with E-state index in [0.29, 0.717) is 6.61 Å². The molecule has 0 spiro atoms. The van der Waals surface area contributed by atoms with E-state index in [9.17, 15) is 13.2 Å². The summed E-state index contributed by atoms with van der Waals surface area (Å²) in [5.74, 6) is -1.11. The summed E-state index contributed by atoms with van der Waals surface area (Å²) in [6.07, 6.45) is -5.08. The Hall–Kier alpha value is -3.08. The summed E-state index contributed by atoms with van der Waals surface area (Å²) in [6, 6.07) is 7.77. The number of benzene rings is 1. The number of halogens is 3. The van der Waals surface area contributed by atoms with E-state index in [1.807, 2.05) is 38.1 Å². The van der Waals surface area contributed by atoms with Crippen molar-refractivity contribution in [1.29, 1.82) is 5.41 Å². The zero-order chi connectivity index (χ0) is 21.1. The molecule has 0 unspecified atom stereocenters. The van der Waals surface area contributed by atoms with Crippen LogP contribution in [0.5, 0.6) is 5.75 Å². The number of aryl methyl sites for hydroxylation is 2. The van der Waals surface area contributed by atoms with Crippen molar-refractivity contribution in [1.82, 2.24) is 5.16 Å². The fraction of sp³-hybridized carbons (Fsp3) is 0.235. The number of aromatic nitrogens is 1. The van der Waals surface area contributed by atoms with E-state index in [4.69, 9.17) is 30.3 Å². The molecule has 1 aromatic carbocycles. The Morgan fingerprint density at radius 3 is 2.50 bits per heavy atom. The van der Waals surface area contributed by atoms with Crippen molar-refractivity contribution in [3.63, 3.8) is 0 Å². The first kappa shape index (κ1) is 21.2. The Balaban J connectivity index is 0.000000345. The molecule has 150 valence electrons. The lowest BCUT2D eigenvalue weighted by molar-refractivity contribution is -0.192. The van der Waals surface area contributed by atoms with Crippen LogP contribution in [0.4, 0.5) is 13.2 Å². The van der Waals surface area contributed by atoms with Crippen molar-refractivity contribution < 1.29 is 32.3 Å². The summed E-state index contributed by atoms with van der Waals surface area (Å²) in [6.45, 7) is 4.20. The Labute approximate surface area is 161 Å². The lowest BCUT2D eigenvalue weighted by atomic mass is 10.2. The van der Waals surface area contributed by atoms with Crippen LogP contribution >= 0.6 is 11.3 Å². The number of hydrogen-bond acceptors (Lipinski definition) is 6. The maximum atomic E-state index is 10.6. The second-order valence-electron chi connectivity index (χ2n) is 5.62. The SMILES string of the molecule is Cc1noc(C)c1COc1ccc2cc(C(=N)N)sc2c1.O=C(O)C(F)(F)F. The zero-order valence-corrected chi connectivity index (χ0v) is 15.6. The molecule has 0 fully saturated rings. The summed E-state index contributed by atoms with van der Waals surface area (Å²) in [4.78, 5) is 9.67. The minimum atomic E-state index is -5.08. The quantitative estimate of drug-likeness (QED) is 0.437. The van der Waals surface area contributed by atoms with Crippen molar-refractivity contribution in [3.05, 3.63) is 46.2 Å². The molecule has 0 aliphatic rings. The van der Waals surface area contributed by atoms with Crippen molar-refractivity contribution in [3.8, 4) is 5.75 Å². The molecule has 4 N–H and O–H groups in total. The van der Waals surface area contributed by atoms with Gasteiger partial charge in [-0.15, -0.1) is 11.3 Å². The molecule has 0 atom stereocenters. The number of hydrogen-bond donors (Lipinski definition) is 3. The van der Waals surface area contributed by atoms with Gasteiger partial charge in [0.05, 0.1) is 16.1 Å². The fourth-order valence-corrected chi connectivity index (χ4v) is 3.05. The minimum absolute atomic E-state index is 0.0920. The molecular weight excluding hydrogens is 399 g/mol. The molecule has 0 aliphatic carbocycles. The van der Waals surface area contributed by atoms with Crippen LogP contribution < -0.4 is 10.5 Å². The Kier molecular flexibility index (Phi) is 6.29. The van der Waals surface area contributed by atoms with Crippen LogP contribution in [0.2, 0.25) is 0 Å². The van der Waals surface area contributed by atoms with Gasteiger partial charge < -0.3 is 20.1 Å². The summed E-state index contributed by atoms with van der Waals surface area (Å²) in [7, 11) is 0. The van der Waals surface area contributed by atoms with Gasteiger partial charge in [-0.1, -0.05) is 5.16 Å². The van der Waals surface area contributed by atoms with Crippen LogP contribution in [-0.4, -0.2) is 28.2 Å². The molecular formula is C17H16F3N3O4S. The van der Waals surface area contributed by atoms with E-state index in [1.165, 1.54) is 11.3 Å². The van der Waals surface area contributed by atoms with Gasteiger partial charge in [0.25, 0.3) is 0 Å². The number of aliphatic carboxylic acids is 1. The monoisotopic (exact) mass is 415 g/mol. The van der Waals surface area contributed by atoms with Crippen LogP contribution in [0.1, 0.15) is 21.9 Å². The van der Waals surface area contributed by atoms with E-state index >= 15 is 0 Å². The number of carboxylic acid groups (broad SMARTS) is 1. The van der Waals surface area contributed by atoms with E-state index in [1.54, 1.807) is 0 Å². The average molecular weight is 415 g/mol. The molecule has 0 radical (unpaired) electrons. The highest BCUT2D eigenvalue weighted by Crippen LogP contribution is 2.29. The van der Waals surface area contributed by atoms with Gasteiger partial charge in [-0.25, -0.2) is 4.79 Å². The maximum absolute atomic E-state index is 10.6. The topological polar surface area (TPSA) is 122 Å². The number of nitrogen functional groups attached to an aromatic ring is 1. The molecule has 2 aromatic heterocycles. The summed E-state index contributed by atoms with van der Waals surface area (Å²) in [5.41, 5.74) is 7.34. The van der Waals surface area contributed by atoms with Crippen molar-refractivity contribution in [2.75, 3.05) is 0 Å². The predicted octanol–water partition coefficient (Wildman–Crippen LogP) is 4.00. The van der Waals surface area contributed by atoms with Gasteiger partial charge >= 0.3 is 12.1 Å². The van der Waals surface area contributed by atoms with Gasteiger partial charge in [0, 0.05) is 4.70 Å². The van der Waals surface area contributed by atoms with E-state index < -0.39 is 12.1 Å². The summed E-state index contributed by atoms with van der Waals surface area (Å²) >= 11 is 1.49. The van der Waals surface area contributed by atoms with Gasteiger partial charge in [0.1, 0.15) is 24.0 Å². The van der Waals surface area contributed by atoms with Crippen LogP contribution in [0.15, 0.2) is 28.8 Å². The number of nitrogens with two attached hydrogens (primary N) is 1. The zero-order valence-electron chi connectivity index (χ0n) is 14.8.